The van der Waals surface area contributed by atoms with Gasteiger partial charge in [-0.05, 0) is 49.9 Å². The predicted molar refractivity (Wildman–Crippen MR) is 102 cm³/mol. The van der Waals surface area contributed by atoms with Crippen molar-refractivity contribution < 1.29 is 9.18 Å². The zero-order chi connectivity index (χ0) is 17.1. The first-order valence-electron chi connectivity index (χ1n) is 8.28. The number of halogens is 2. The van der Waals surface area contributed by atoms with Gasteiger partial charge in [-0.2, -0.15) is 0 Å². The van der Waals surface area contributed by atoms with Crippen LogP contribution in [-0.2, 0) is 11.2 Å². The van der Waals surface area contributed by atoms with E-state index < -0.39 is 0 Å². The van der Waals surface area contributed by atoms with Crippen molar-refractivity contribution in [3.8, 4) is 0 Å². The highest BCUT2D eigenvalue weighted by molar-refractivity contribution is 7.15. The summed E-state index contributed by atoms with van der Waals surface area (Å²) in [6, 6.07) is 6.56. The molecule has 1 heterocycles. The molecule has 1 aromatic carbocycles. The van der Waals surface area contributed by atoms with Crippen molar-refractivity contribution in [3.63, 3.8) is 0 Å². The number of nitrogens with one attached hydrogen (secondary N) is 1. The number of thiazole rings is 1. The number of aromatic nitrogens is 1. The molecule has 0 aliphatic heterocycles. The van der Waals surface area contributed by atoms with Crippen LogP contribution in [0.2, 0.25) is 0 Å². The third-order valence-electron chi connectivity index (χ3n) is 4.68. The highest BCUT2D eigenvalue weighted by Crippen LogP contribution is 2.33. The number of carbonyl (C=O) groups is 1. The van der Waals surface area contributed by atoms with Gasteiger partial charge in [-0.25, -0.2) is 9.37 Å². The van der Waals surface area contributed by atoms with Crippen molar-refractivity contribution in [1.29, 1.82) is 0 Å². The number of nitrogens with zero attached hydrogens (tertiary/aromatic N) is 1. The van der Waals surface area contributed by atoms with E-state index in [0.717, 1.165) is 35.4 Å². The van der Waals surface area contributed by atoms with Crippen molar-refractivity contribution in [2.45, 2.75) is 32.6 Å². The minimum Gasteiger partial charge on any atom is -0.330 e. The van der Waals surface area contributed by atoms with Gasteiger partial charge in [0, 0.05) is 17.2 Å². The smallest absolute Gasteiger partial charge is 0.229 e. The minimum atomic E-state index is -0.239. The molecule has 0 radical (unpaired) electrons. The van der Waals surface area contributed by atoms with Crippen molar-refractivity contribution in [2.75, 3.05) is 11.9 Å². The molecule has 0 unspecified atom stereocenters. The number of anilines is 1. The highest BCUT2D eigenvalue weighted by atomic mass is 35.5. The van der Waals surface area contributed by atoms with Gasteiger partial charge in [0.2, 0.25) is 5.91 Å². The van der Waals surface area contributed by atoms with Gasteiger partial charge in [0.05, 0.1) is 5.69 Å². The van der Waals surface area contributed by atoms with Crippen LogP contribution in [0.25, 0.3) is 0 Å². The van der Waals surface area contributed by atoms with Crippen molar-refractivity contribution in [2.24, 2.45) is 17.6 Å². The van der Waals surface area contributed by atoms with Crippen LogP contribution in [-0.4, -0.2) is 17.4 Å². The van der Waals surface area contributed by atoms with Gasteiger partial charge in [-0.3, -0.25) is 4.79 Å². The van der Waals surface area contributed by atoms with E-state index in [0.29, 0.717) is 18.1 Å². The van der Waals surface area contributed by atoms with Gasteiger partial charge in [0.1, 0.15) is 5.82 Å². The molecule has 1 aliphatic carbocycles. The lowest BCUT2D eigenvalue weighted by Crippen LogP contribution is -2.29. The van der Waals surface area contributed by atoms with E-state index in [1.807, 2.05) is 13.0 Å². The standard InChI is InChI=1S/C18H22FN3OS.ClH/c1-11-16(9-12-4-2-6-14(19)8-12)24-18(21-11)22-17(23)15-7-3-5-13(15)10-20;/h2,4,6,8,13,15H,3,5,7,9-10,20H2,1H3,(H,21,22,23);1H/t13-,15-;/m1./s1. The molecule has 2 atom stereocenters. The Morgan fingerprint density at radius 3 is 2.96 bits per heavy atom. The summed E-state index contributed by atoms with van der Waals surface area (Å²) in [6.45, 7) is 2.47. The molecule has 136 valence electrons. The number of nitrogens with two attached hydrogens (primary N) is 1. The van der Waals surface area contributed by atoms with Gasteiger partial charge in [-0.1, -0.05) is 18.6 Å². The maximum Gasteiger partial charge on any atom is 0.229 e. The summed E-state index contributed by atoms with van der Waals surface area (Å²) in [5.74, 6) is 0.0509. The fourth-order valence-electron chi connectivity index (χ4n) is 3.34. The lowest BCUT2D eigenvalue weighted by Gasteiger charge is -2.16. The van der Waals surface area contributed by atoms with E-state index in [1.54, 1.807) is 6.07 Å². The Hall–Kier alpha value is -1.50. The molecular formula is C18H23ClFN3OS. The Kier molecular flexibility index (Phi) is 6.93. The second kappa shape index (κ2) is 8.74. The molecule has 7 heteroatoms. The first-order chi connectivity index (χ1) is 11.6. The monoisotopic (exact) mass is 383 g/mol. The SMILES string of the molecule is Cc1nc(NC(=O)[C@@H]2CCC[C@@H]2CN)sc1Cc1cccc(F)c1.Cl. The van der Waals surface area contributed by atoms with E-state index in [-0.39, 0.29) is 36.0 Å². The van der Waals surface area contributed by atoms with E-state index >= 15 is 0 Å². The van der Waals surface area contributed by atoms with Gasteiger partial charge in [-0.15, -0.1) is 23.7 Å². The Morgan fingerprint density at radius 1 is 1.44 bits per heavy atom. The topological polar surface area (TPSA) is 68.0 Å². The Morgan fingerprint density at radius 2 is 2.24 bits per heavy atom. The average Bonchev–Trinajstić information content (AvgIpc) is 3.14. The molecule has 1 aromatic heterocycles. The number of hydrogen-bond donors (Lipinski definition) is 2. The molecule has 2 aromatic rings. The molecule has 0 spiro atoms. The first-order valence-corrected chi connectivity index (χ1v) is 9.10. The highest BCUT2D eigenvalue weighted by Gasteiger charge is 2.32. The molecule has 0 bridgehead atoms. The maximum atomic E-state index is 13.3. The summed E-state index contributed by atoms with van der Waals surface area (Å²) in [5, 5.41) is 3.56. The van der Waals surface area contributed by atoms with Crippen LogP contribution in [0.5, 0.6) is 0 Å². The van der Waals surface area contributed by atoms with E-state index in [2.05, 4.69) is 10.3 Å². The Labute approximate surface area is 157 Å². The molecule has 1 saturated carbocycles. The normalized spacial score (nSPS) is 19.5. The second-order valence-corrected chi connectivity index (χ2v) is 7.44. The lowest BCUT2D eigenvalue weighted by molar-refractivity contribution is -0.120. The van der Waals surface area contributed by atoms with Gasteiger partial charge >= 0.3 is 0 Å². The van der Waals surface area contributed by atoms with Crippen LogP contribution in [0, 0.1) is 24.6 Å². The lowest BCUT2D eigenvalue weighted by atomic mass is 9.95. The average molecular weight is 384 g/mol. The van der Waals surface area contributed by atoms with E-state index in [4.69, 9.17) is 5.73 Å². The molecule has 1 aliphatic rings. The number of hydrogen-bond acceptors (Lipinski definition) is 4. The fraction of sp³-hybridized carbons (Fsp3) is 0.444. The summed E-state index contributed by atoms with van der Waals surface area (Å²) in [7, 11) is 0. The maximum absolute atomic E-state index is 13.3. The molecule has 25 heavy (non-hydrogen) atoms. The third kappa shape index (κ3) is 4.77. The van der Waals surface area contributed by atoms with Gasteiger partial charge < -0.3 is 11.1 Å². The van der Waals surface area contributed by atoms with E-state index in [9.17, 15) is 9.18 Å². The summed E-state index contributed by atoms with van der Waals surface area (Å²) in [6.07, 6.45) is 3.60. The van der Waals surface area contributed by atoms with Crippen LogP contribution in [0.1, 0.15) is 35.4 Å². The van der Waals surface area contributed by atoms with Crippen molar-refractivity contribution in [1.82, 2.24) is 4.98 Å². The summed E-state index contributed by atoms with van der Waals surface area (Å²) in [5.41, 5.74) is 7.54. The van der Waals surface area contributed by atoms with Crippen LogP contribution in [0.4, 0.5) is 9.52 Å². The van der Waals surface area contributed by atoms with Crippen LogP contribution in [0.15, 0.2) is 24.3 Å². The van der Waals surface area contributed by atoms with Crippen LogP contribution in [0.3, 0.4) is 0 Å². The molecule has 3 N–H and O–H groups in total. The summed E-state index contributed by atoms with van der Waals surface area (Å²) < 4.78 is 13.3. The number of rotatable bonds is 5. The molecule has 1 fully saturated rings. The third-order valence-corrected chi connectivity index (χ3v) is 5.75. The molecule has 1 amide bonds. The predicted octanol–water partition coefficient (Wildman–Crippen LogP) is 3.92. The molecular weight excluding hydrogens is 361 g/mol. The molecule has 0 saturated heterocycles. The number of carbonyl (C=O) groups excluding carboxylic acids is 1. The van der Waals surface area contributed by atoms with Crippen LogP contribution >= 0.6 is 23.7 Å². The summed E-state index contributed by atoms with van der Waals surface area (Å²) in [4.78, 5) is 18.0. The number of benzene rings is 1. The van der Waals surface area contributed by atoms with Gasteiger partial charge in [0.15, 0.2) is 5.13 Å². The number of amides is 1. The fourth-order valence-corrected chi connectivity index (χ4v) is 4.34. The molecule has 4 nitrogen and oxygen atoms in total. The zero-order valence-electron chi connectivity index (χ0n) is 14.1. The van der Waals surface area contributed by atoms with Crippen LogP contribution < -0.4 is 11.1 Å². The zero-order valence-corrected chi connectivity index (χ0v) is 15.8. The quantitative estimate of drug-likeness (QED) is 0.822. The minimum absolute atomic E-state index is 0. The van der Waals surface area contributed by atoms with Gasteiger partial charge in [0.25, 0.3) is 0 Å². The largest absolute Gasteiger partial charge is 0.330 e. The van der Waals surface area contributed by atoms with Crippen molar-refractivity contribution in [3.05, 3.63) is 46.2 Å². The molecule has 3 rings (SSSR count). The second-order valence-electron chi connectivity index (χ2n) is 6.36. The summed E-state index contributed by atoms with van der Waals surface area (Å²) >= 11 is 1.46. The van der Waals surface area contributed by atoms with E-state index in [1.165, 1.54) is 23.5 Å². The number of aryl methyl sites for hydroxylation is 1. The Balaban J connectivity index is 0.00000225. The first kappa shape index (κ1) is 19.8. The Bertz CT molecular complexity index is 737. The van der Waals surface area contributed by atoms with Crippen molar-refractivity contribution >= 4 is 34.8 Å².